The first-order chi connectivity index (χ1) is 13.1. The molecular formula is C20H30N2O4S. The van der Waals surface area contributed by atoms with E-state index < -0.39 is 10.0 Å². The molecule has 0 radical (unpaired) electrons. The summed E-state index contributed by atoms with van der Waals surface area (Å²) in [5.41, 5.74) is 0.970. The van der Waals surface area contributed by atoms with Gasteiger partial charge < -0.3 is 10.1 Å². The van der Waals surface area contributed by atoms with Crippen LogP contribution in [0.25, 0.3) is 0 Å². The van der Waals surface area contributed by atoms with Crippen molar-refractivity contribution in [2.45, 2.75) is 62.4 Å². The van der Waals surface area contributed by atoms with Crippen molar-refractivity contribution in [2.24, 2.45) is 0 Å². The normalized spacial score (nSPS) is 21.7. The van der Waals surface area contributed by atoms with Gasteiger partial charge in [-0.2, -0.15) is 4.31 Å². The number of carbonyl (C=O) groups is 1. The Hall–Kier alpha value is -1.44. The lowest BCUT2D eigenvalue weighted by Crippen LogP contribution is -2.32. The van der Waals surface area contributed by atoms with Crippen LogP contribution in [0.4, 0.5) is 0 Å². The number of rotatable bonds is 7. The van der Waals surface area contributed by atoms with Gasteiger partial charge in [0.15, 0.2) is 0 Å². The van der Waals surface area contributed by atoms with Crippen molar-refractivity contribution in [3.8, 4) is 0 Å². The number of hydrogen-bond donors (Lipinski definition) is 1. The predicted molar refractivity (Wildman–Crippen MR) is 104 cm³/mol. The molecule has 1 aromatic carbocycles. The summed E-state index contributed by atoms with van der Waals surface area (Å²) in [7, 11) is -3.41. The number of hydrogen-bond acceptors (Lipinski definition) is 4. The number of aryl methyl sites for hydroxylation is 1. The molecule has 1 aromatic rings. The van der Waals surface area contributed by atoms with Gasteiger partial charge in [-0.05, 0) is 49.8 Å². The fourth-order valence-electron chi connectivity index (χ4n) is 3.64. The highest BCUT2D eigenvalue weighted by Gasteiger charge is 2.25. The van der Waals surface area contributed by atoms with Gasteiger partial charge in [-0.3, -0.25) is 4.79 Å². The van der Waals surface area contributed by atoms with E-state index in [-0.39, 0.29) is 12.0 Å². The molecule has 0 saturated carbocycles. The first kappa shape index (κ1) is 20.3. The Morgan fingerprint density at radius 1 is 1.07 bits per heavy atom. The number of ether oxygens (including phenoxy) is 1. The van der Waals surface area contributed by atoms with Crippen LogP contribution in [0.15, 0.2) is 29.2 Å². The van der Waals surface area contributed by atoms with Gasteiger partial charge in [0.2, 0.25) is 15.9 Å². The quantitative estimate of drug-likeness (QED) is 0.771. The van der Waals surface area contributed by atoms with Crippen LogP contribution in [0, 0.1) is 0 Å². The van der Waals surface area contributed by atoms with Gasteiger partial charge in [0, 0.05) is 32.7 Å². The lowest BCUT2D eigenvalue weighted by Gasteiger charge is -2.20. The second kappa shape index (κ2) is 9.66. The third-order valence-corrected chi connectivity index (χ3v) is 7.23. The standard InChI is InChI=1S/C20H30N2O4S/c23-20(21-16-18-6-5-15-26-18)12-9-17-7-10-19(11-8-17)27(24,25)22-13-3-1-2-4-14-22/h7-8,10-11,18H,1-6,9,12-16H2,(H,21,23)/t18-/m0/s1. The minimum Gasteiger partial charge on any atom is -0.376 e. The third kappa shape index (κ3) is 5.77. The van der Waals surface area contributed by atoms with Crippen molar-refractivity contribution in [3.05, 3.63) is 29.8 Å². The Morgan fingerprint density at radius 3 is 2.41 bits per heavy atom. The number of carbonyl (C=O) groups excluding carboxylic acids is 1. The highest BCUT2D eigenvalue weighted by Crippen LogP contribution is 2.21. The largest absolute Gasteiger partial charge is 0.376 e. The molecule has 1 amide bonds. The molecular weight excluding hydrogens is 364 g/mol. The Balaban J connectivity index is 1.49. The van der Waals surface area contributed by atoms with E-state index in [4.69, 9.17) is 4.74 Å². The van der Waals surface area contributed by atoms with Crippen LogP contribution in [-0.4, -0.2) is 51.0 Å². The van der Waals surface area contributed by atoms with E-state index in [1.54, 1.807) is 16.4 Å². The molecule has 3 rings (SSSR count). The Kier molecular flexibility index (Phi) is 7.26. The predicted octanol–water partition coefficient (Wildman–Crippen LogP) is 2.48. The molecule has 2 aliphatic heterocycles. The Morgan fingerprint density at radius 2 is 1.78 bits per heavy atom. The number of benzene rings is 1. The minimum atomic E-state index is -3.41. The van der Waals surface area contributed by atoms with Crippen LogP contribution in [0.1, 0.15) is 50.5 Å². The first-order valence-corrected chi connectivity index (χ1v) is 11.5. The van der Waals surface area contributed by atoms with Crippen molar-refractivity contribution >= 4 is 15.9 Å². The van der Waals surface area contributed by atoms with Crippen molar-refractivity contribution < 1.29 is 17.9 Å². The summed E-state index contributed by atoms with van der Waals surface area (Å²) in [6, 6.07) is 6.97. The number of amides is 1. The summed E-state index contributed by atoms with van der Waals surface area (Å²) in [6.45, 7) is 2.57. The lowest BCUT2D eigenvalue weighted by atomic mass is 10.1. The molecule has 2 fully saturated rings. The first-order valence-electron chi connectivity index (χ1n) is 10.0. The fourth-order valence-corrected chi connectivity index (χ4v) is 5.16. The lowest BCUT2D eigenvalue weighted by molar-refractivity contribution is -0.121. The Labute approximate surface area is 162 Å². The maximum Gasteiger partial charge on any atom is 0.243 e. The van der Waals surface area contributed by atoms with Gasteiger partial charge in [0.1, 0.15) is 0 Å². The molecule has 2 saturated heterocycles. The van der Waals surface area contributed by atoms with Gasteiger partial charge in [-0.15, -0.1) is 0 Å². The van der Waals surface area contributed by atoms with E-state index in [1.165, 1.54) is 0 Å². The van der Waals surface area contributed by atoms with E-state index in [0.717, 1.165) is 50.7 Å². The minimum absolute atomic E-state index is 0.00626. The highest BCUT2D eigenvalue weighted by atomic mass is 32.2. The molecule has 2 aliphatic rings. The molecule has 1 N–H and O–H groups in total. The monoisotopic (exact) mass is 394 g/mol. The van der Waals surface area contributed by atoms with Crippen molar-refractivity contribution in [3.63, 3.8) is 0 Å². The highest BCUT2D eigenvalue weighted by molar-refractivity contribution is 7.89. The molecule has 1 atom stereocenters. The average Bonchev–Trinajstić information content (AvgIpc) is 3.04. The summed E-state index contributed by atoms with van der Waals surface area (Å²) in [6.07, 6.45) is 7.26. The molecule has 0 aromatic heterocycles. The molecule has 2 heterocycles. The smallest absolute Gasteiger partial charge is 0.243 e. The average molecular weight is 395 g/mol. The van der Waals surface area contributed by atoms with Crippen molar-refractivity contribution in [1.29, 1.82) is 0 Å². The van der Waals surface area contributed by atoms with E-state index >= 15 is 0 Å². The van der Waals surface area contributed by atoms with Gasteiger partial charge in [0.05, 0.1) is 11.0 Å². The summed E-state index contributed by atoms with van der Waals surface area (Å²) >= 11 is 0. The second-order valence-corrected chi connectivity index (χ2v) is 9.34. The van der Waals surface area contributed by atoms with E-state index in [9.17, 15) is 13.2 Å². The van der Waals surface area contributed by atoms with Gasteiger partial charge in [-0.25, -0.2) is 8.42 Å². The zero-order chi connectivity index (χ0) is 19.1. The van der Waals surface area contributed by atoms with Crippen LogP contribution in [0.5, 0.6) is 0 Å². The SMILES string of the molecule is O=C(CCc1ccc(S(=O)(=O)N2CCCCCC2)cc1)NC[C@@H]1CCCO1. The van der Waals surface area contributed by atoms with Crippen LogP contribution >= 0.6 is 0 Å². The molecule has 7 heteroatoms. The van der Waals surface area contributed by atoms with E-state index in [2.05, 4.69) is 5.32 Å². The van der Waals surface area contributed by atoms with Crippen LogP contribution in [-0.2, 0) is 26.0 Å². The zero-order valence-corrected chi connectivity index (χ0v) is 16.7. The molecule has 150 valence electrons. The maximum absolute atomic E-state index is 12.8. The molecule has 0 bridgehead atoms. The molecule has 6 nitrogen and oxygen atoms in total. The maximum atomic E-state index is 12.8. The number of sulfonamides is 1. The van der Waals surface area contributed by atoms with Crippen molar-refractivity contribution in [2.75, 3.05) is 26.2 Å². The van der Waals surface area contributed by atoms with Crippen LogP contribution < -0.4 is 5.32 Å². The third-order valence-electron chi connectivity index (χ3n) is 5.32. The molecule has 0 aliphatic carbocycles. The van der Waals surface area contributed by atoms with Crippen LogP contribution in [0.2, 0.25) is 0 Å². The van der Waals surface area contributed by atoms with Crippen molar-refractivity contribution in [1.82, 2.24) is 9.62 Å². The number of nitrogens with one attached hydrogen (secondary N) is 1. The topological polar surface area (TPSA) is 75.7 Å². The summed E-state index contributed by atoms with van der Waals surface area (Å²) in [5, 5.41) is 2.91. The Bertz CT molecular complexity index is 704. The number of nitrogens with zero attached hydrogens (tertiary/aromatic N) is 1. The summed E-state index contributed by atoms with van der Waals surface area (Å²) in [4.78, 5) is 12.3. The van der Waals surface area contributed by atoms with E-state index in [0.29, 0.717) is 37.4 Å². The van der Waals surface area contributed by atoms with Gasteiger partial charge in [-0.1, -0.05) is 25.0 Å². The molecule has 27 heavy (non-hydrogen) atoms. The van der Waals surface area contributed by atoms with E-state index in [1.807, 2.05) is 12.1 Å². The zero-order valence-electron chi connectivity index (χ0n) is 15.9. The van der Waals surface area contributed by atoms with Gasteiger partial charge >= 0.3 is 0 Å². The summed E-state index contributed by atoms with van der Waals surface area (Å²) < 4.78 is 32.7. The van der Waals surface area contributed by atoms with Crippen LogP contribution in [0.3, 0.4) is 0 Å². The second-order valence-electron chi connectivity index (χ2n) is 7.40. The fraction of sp³-hybridized carbons (Fsp3) is 0.650. The molecule has 0 spiro atoms. The van der Waals surface area contributed by atoms with Gasteiger partial charge in [0.25, 0.3) is 0 Å². The molecule has 0 unspecified atom stereocenters. The summed E-state index contributed by atoms with van der Waals surface area (Å²) in [5.74, 6) is 0.00626.